The molecule has 3 rings (SSSR count). The number of para-hydroxylation sites is 1. The summed E-state index contributed by atoms with van der Waals surface area (Å²) in [4.78, 5) is 0. The Bertz CT molecular complexity index is 792. The molecule has 0 fully saturated rings. The van der Waals surface area contributed by atoms with Gasteiger partial charge in [0.2, 0.25) is 0 Å². The molecule has 1 aromatic heterocycles. The summed E-state index contributed by atoms with van der Waals surface area (Å²) >= 11 is 6.07. The highest BCUT2D eigenvalue weighted by atomic mass is 35.5. The molecule has 2 nitrogen and oxygen atoms in total. The molecule has 4 heteroatoms. The molecule has 2 aromatic carbocycles. The third kappa shape index (κ3) is 2.67. The summed E-state index contributed by atoms with van der Waals surface area (Å²) in [6.07, 6.45) is 0.122. The van der Waals surface area contributed by atoms with Crippen molar-refractivity contribution in [1.82, 2.24) is 0 Å². The molecule has 3 aromatic rings. The van der Waals surface area contributed by atoms with E-state index < -0.39 is 5.60 Å². The molecule has 0 amide bonds. The van der Waals surface area contributed by atoms with E-state index in [1.165, 1.54) is 6.07 Å². The monoisotopic (exact) mass is 304 g/mol. The van der Waals surface area contributed by atoms with Gasteiger partial charge < -0.3 is 9.52 Å². The predicted molar refractivity (Wildman–Crippen MR) is 80.9 cm³/mol. The Kier molecular flexibility index (Phi) is 3.47. The van der Waals surface area contributed by atoms with Crippen molar-refractivity contribution >= 4 is 22.6 Å². The largest absolute Gasteiger partial charge is 0.456 e. The Morgan fingerprint density at radius 1 is 1.19 bits per heavy atom. The van der Waals surface area contributed by atoms with E-state index in [4.69, 9.17) is 16.0 Å². The molecule has 108 valence electrons. The number of benzene rings is 2. The van der Waals surface area contributed by atoms with Gasteiger partial charge in [-0.2, -0.15) is 0 Å². The van der Waals surface area contributed by atoms with Gasteiger partial charge in [0.25, 0.3) is 0 Å². The van der Waals surface area contributed by atoms with Crippen molar-refractivity contribution in [2.75, 3.05) is 0 Å². The first-order chi connectivity index (χ1) is 9.97. The number of hydrogen-bond acceptors (Lipinski definition) is 2. The van der Waals surface area contributed by atoms with Crippen LogP contribution in [0.2, 0.25) is 5.02 Å². The van der Waals surface area contributed by atoms with Crippen molar-refractivity contribution in [2.24, 2.45) is 0 Å². The van der Waals surface area contributed by atoms with Crippen LogP contribution >= 0.6 is 11.6 Å². The number of rotatable bonds is 3. The summed E-state index contributed by atoms with van der Waals surface area (Å²) in [5.74, 6) is 0.0285. The standard InChI is InChI=1S/C17H14ClFO2/c1-17(20,10-12-5-2-3-8-14(12)19)15-9-11-6-4-7-13(18)16(11)21-15/h2-9,20H,10H2,1H3. The molecular weight excluding hydrogens is 291 g/mol. The number of fused-ring (bicyclic) bond motifs is 1. The molecule has 0 spiro atoms. The Labute approximate surface area is 126 Å². The Morgan fingerprint density at radius 3 is 2.67 bits per heavy atom. The molecule has 21 heavy (non-hydrogen) atoms. The van der Waals surface area contributed by atoms with E-state index in [2.05, 4.69) is 0 Å². The zero-order chi connectivity index (χ0) is 15.0. The minimum atomic E-state index is -1.31. The van der Waals surface area contributed by atoms with Gasteiger partial charge in [-0.1, -0.05) is 41.9 Å². The molecule has 1 heterocycles. The minimum absolute atomic E-state index is 0.122. The fourth-order valence-corrected chi connectivity index (χ4v) is 2.61. The molecule has 1 unspecified atom stereocenters. The molecule has 0 aliphatic carbocycles. The highest BCUT2D eigenvalue weighted by Gasteiger charge is 2.29. The van der Waals surface area contributed by atoms with Crippen LogP contribution in [-0.2, 0) is 12.0 Å². The summed E-state index contributed by atoms with van der Waals surface area (Å²) in [7, 11) is 0. The van der Waals surface area contributed by atoms with E-state index in [0.717, 1.165) is 5.39 Å². The zero-order valence-electron chi connectivity index (χ0n) is 11.4. The second-order valence-electron chi connectivity index (χ2n) is 5.31. The summed E-state index contributed by atoms with van der Waals surface area (Å²) in [6.45, 7) is 1.60. The lowest BCUT2D eigenvalue weighted by Gasteiger charge is -2.21. The van der Waals surface area contributed by atoms with Crippen LogP contribution in [0, 0.1) is 5.82 Å². The third-order valence-corrected chi connectivity index (χ3v) is 3.82. The van der Waals surface area contributed by atoms with Crippen molar-refractivity contribution in [3.63, 3.8) is 0 Å². The summed E-state index contributed by atoms with van der Waals surface area (Å²) in [5.41, 5.74) is -0.345. The number of halogens is 2. The van der Waals surface area contributed by atoms with Gasteiger partial charge in [0, 0.05) is 11.8 Å². The molecule has 0 saturated carbocycles. The maximum absolute atomic E-state index is 13.7. The first-order valence-electron chi connectivity index (χ1n) is 6.62. The van der Waals surface area contributed by atoms with Crippen LogP contribution in [0.25, 0.3) is 11.0 Å². The van der Waals surface area contributed by atoms with Crippen LogP contribution in [0.15, 0.2) is 52.9 Å². The third-order valence-electron chi connectivity index (χ3n) is 3.52. The Morgan fingerprint density at radius 2 is 1.95 bits per heavy atom. The first-order valence-corrected chi connectivity index (χ1v) is 6.99. The van der Waals surface area contributed by atoms with Crippen LogP contribution in [0.3, 0.4) is 0 Å². The lowest BCUT2D eigenvalue weighted by molar-refractivity contribution is 0.0352. The molecule has 0 radical (unpaired) electrons. The van der Waals surface area contributed by atoms with Gasteiger partial charge in [-0.25, -0.2) is 4.39 Å². The van der Waals surface area contributed by atoms with Gasteiger partial charge in [-0.15, -0.1) is 0 Å². The quantitative estimate of drug-likeness (QED) is 0.762. The SMILES string of the molecule is CC(O)(Cc1ccccc1F)c1cc2cccc(Cl)c2o1. The average Bonchev–Trinajstić information content (AvgIpc) is 2.88. The normalized spacial score (nSPS) is 14.3. The topological polar surface area (TPSA) is 33.4 Å². The van der Waals surface area contributed by atoms with Crippen molar-refractivity contribution in [3.8, 4) is 0 Å². The molecule has 1 N–H and O–H groups in total. The highest BCUT2D eigenvalue weighted by Crippen LogP contribution is 2.34. The molecule has 0 bridgehead atoms. The van der Waals surface area contributed by atoms with E-state index in [1.54, 1.807) is 37.3 Å². The predicted octanol–water partition coefficient (Wildman–Crippen LogP) is 4.68. The van der Waals surface area contributed by atoms with Gasteiger partial charge in [0.05, 0.1) is 5.02 Å². The van der Waals surface area contributed by atoms with Crippen molar-refractivity contribution < 1.29 is 13.9 Å². The maximum Gasteiger partial charge on any atom is 0.153 e. The van der Waals surface area contributed by atoms with Gasteiger partial charge in [0.1, 0.15) is 17.2 Å². The van der Waals surface area contributed by atoms with E-state index in [-0.39, 0.29) is 12.2 Å². The van der Waals surface area contributed by atoms with Crippen LogP contribution in [0.1, 0.15) is 18.2 Å². The number of aliphatic hydroxyl groups is 1. The molecular formula is C17H14ClFO2. The lowest BCUT2D eigenvalue weighted by Crippen LogP contribution is -2.24. The number of furan rings is 1. The van der Waals surface area contributed by atoms with Gasteiger partial charge in [0.15, 0.2) is 5.58 Å². The zero-order valence-corrected chi connectivity index (χ0v) is 12.2. The maximum atomic E-state index is 13.7. The van der Waals surface area contributed by atoms with Crippen molar-refractivity contribution in [2.45, 2.75) is 18.9 Å². The highest BCUT2D eigenvalue weighted by molar-refractivity contribution is 6.34. The second kappa shape index (κ2) is 5.17. The van der Waals surface area contributed by atoms with Crippen LogP contribution in [0.4, 0.5) is 4.39 Å². The average molecular weight is 305 g/mol. The fraction of sp³-hybridized carbons (Fsp3) is 0.176. The second-order valence-corrected chi connectivity index (χ2v) is 5.72. The lowest BCUT2D eigenvalue weighted by atomic mass is 9.93. The van der Waals surface area contributed by atoms with Gasteiger partial charge >= 0.3 is 0 Å². The summed E-state index contributed by atoms with van der Waals surface area (Å²) in [6, 6.07) is 13.5. The van der Waals surface area contributed by atoms with E-state index >= 15 is 0 Å². The Balaban J connectivity index is 2.00. The molecule has 0 saturated heterocycles. The fourth-order valence-electron chi connectivity index (χ4n) is 2.39. The smallest absolute Gasteiger partial charge is 0.153 e. The van der Waals surface area contributed by atoms with E-state index in [0.29, 0.717) is 21.9 Å². The first kappa shape index (κ1) is 14.1. The van der Waals surface area contributed by atoms with Gasteiger partial charge in [-0.05, 0) is 30.7 Å². The summed E-state index contributed by atoms with van der Waals surface area (Å²) in [5, 5.41) is 12.0. The van der Waals surface area contributed by atoms with Crippen LogP contribution in [-0.4, -0.2) is 5.11 Å². The molecule has 1 atom stereocenters. The van der Waals surface area contributed by atoms with E-state index in [9.17, 15) is 9.50 Å². The summed E-state index contributed by atoms with van der Waals surface area (Å²) < 4.78 is 19.4. The van der Waals surface area contributed by atoms with Gasteiger partial charge in [-0.3, -0.25) is 0 Å². The molecule has 0 aliphatic rings. The van der Waals surface area contributed by atoms with Crippen LogP contribution in [0.5, 0.6) is 0 Å². The van der Waals surface area contributed by atoms with Crippen LogP contribution < -0.4 is 0 Å². The Hall–Kier alpha value is -1.84. The molecule has 0 aliphatic heterocycles. The van der Waals surface area contributed by atoms with E-state index in [1.807, 2.05) is 12.1 Å². The minimum Gasteiger partial charge on any atom is -0.456 e. The number of hydrogen-bond donors (Lipinski definition) is 1. The van der Waals surface area contributed by atoms with Crippen molar-refractivity contribution in [1.29, 1.82) is 0 Å². The van der Waals surface area contributed by atoms with Crippen molar-refractivity contribution in [3.05, 3.63) is 70.7 Å².